The van der Waals surface area contributed by atoms with Crippen LogP contribution < -0.4 is 10.6 Å². The molecule has 0 aliphatic heterocycles. The molecule has 2 N–H and O–H groups in total. The van der Waals surface area contributed by atoms with Crippen LogP contribution in [-0.4, -0.2) is 60.6 Å². The molecule has 0 saturated carbocycles. The lowest BCUT2D eigenvalue weighted by molar-refractivity contribution is -0.117. The van der Waals surface area contributed by atoms with E-state index in [1.54, 1.807) is 24.3 Å². The van der Waals surface area contributed by atoms with E-state index in [-0.39, 0.29) is 36.7 Å². The molecule has 3 aromatic rings. The van der Waals surface area contributed by atoms with Crippen molar-refractivity contribution in [1.29, 1.82) is 0 Å². The van der Waals surface area contributed by atoms with Crippen LogP contribution in [-0.2, 0) is 9.59 Å². The molecule has 0 heterocycles. The van der Waals surface area contributed by atoms with Gasteiger partial charge < -0.3 is 20.4 Å². The molecule has 0 fully saturated rings. The maximum atomic E-state index is 12.7. The van der Waals surface area contributed by atoms with Crippen LogP contribution in [0.5, 0.6) is 0 Å². The summed E-state index contributed by atoms with van der Waals surface area (Å²) in [5.41, 5.74) is 4.17. The second-order valence-corrected chi connectivity index (χ2v) is 8.73. The quantitative estimate of drug-likeness (QED) is 0.507. The molecule has 0 aliphatic carbocycles. The van der Waals surface area contributed by atoms with Gasteiger partial charge in [0.1, 0.15) is 0 Å². The molecule has 0 aliphatic rings. The maximum absolute atomic E-state index is 12.7. The number of hydrogen-bond donors (Lipinski definition) is 2. The normalized spacial score (nSPS) is 10.3. The molecule has 0 spiro atoms. The summed E-state index contributed by atoms with van der Waals surface area (Å²) in [6.45, 7) is 3.68. The highest BCUT2D eigenvalue weighted by atomic mass is 16.2. The van der Waals surface area contributed by atoms with Gasteiger partial charge >= 0.3 is 0 Å². The number of rotatable bonds is 8. The lowest BCUT2D eigenvalue weighted by Gasteiger charge is -2.18. The van der Waals surface area contributed by atoms with Crippen LogP contribution in [0.3, 0.4) is 0 Å². The molecule has 186 valence electrons. The minimum atomic E-state index is -0.348. The van der Waals surface area contributed by atoms with Gasteiger partial charge in [-0.05, 0) is 62.4 Å². The van der Waals surface area contributed by atoms with Crippen LogP contribution in [0.1, 0.15) is 31.8 Å². The Labute approximate surface area is 210 Å². The first-order valence-electron chi connectivity index (χ1n) is 11.5. The maximum Gasteiger partial charge on any atom is 0.254 e. The topological polar surface area (TPSA) is 98.8 Å². The van der Waals surface area contributed by atoms with Gasteiger partial charge in [-0.15, -0.1) is 0 Å². The molecule has 36 heavy (non-hydrogen) atoms. The molecule has 0 bridgehead atoms. The van der Waals surface area contributed by atoms with Crippen molar-refractivity contribution in [3.05, 3.63) is 95.1 Å². The third-order valence-corrected chi connectivity index (χ3v) is 5.50. The monoisotopic (exact) mass is 486 g/mol. The Balaban J connectivity index is 1.52. The van der Waals surface area contributed by atoms with Crippen molar-refractivity contribution in [2.24, 2.45) is 0 Å². The number of nitrogens with zero attached hydrogens (tertiary/aromatic N) is 2. The van der Waals surface area contributed by atoms with Gasteiger partial charge in [0.05, 0.1) is 13.1 Å². The Hall–Kier alpha value is -4.46. The molecule has 0 saturated heterocycles. The number of aryl methyl sites for hydroxylation is 2. The summed E-state index contributed by atoms with van der Waals surface area (Å²) in [6, 6.07) is 20.9. The minimum absolute atomic E-state index is 0.119. The molecule has 3 rings (SSSR count). The molecular formula is C28H30N4O4. The van der Waals surface area contributed by atoms with Gasteiger partial charge in [-0.2, -0.15) is 0 Å². The summed E-state index contributed by atoms with van der Waals surface area (Å²) in [7, 11) is 3.08. The average Bonchev–Trinajstić information content (AvgIpc) is 2.86. The molecule has 8 heteroatoms. The average molecular weight is 487 g/mol. The van der Waals surface area contributed by atoms with E-state index in [9.17, 15) is 19.2 Å². The first-order valence-corrected chi connectivity index (χ1v) is 11.5. The highest BCUT2D eigenvalue weighted by Gasteiger charge is 2.18. The van der Waals surface area contributed by atoms with Gasteiger partial charge in [-0.3, -0.25) is 19.2 Å². The molecule has 8 nitrogen and oxygen atoms in total. The number of amides is 4. The SMILES string of the molecule is Cc1ccc(NC(=O)CN(C)C(=O)c2ccc(C(=O)N(C)CC(=O)Nc3ccc(C)cc3)cc2)cc1. The van der Waals surface area contributed by atoms with E-state index in [1.165, 1.54) is 48.2 Å². The number of likely N-dealkylation sites (N-methyl/N-ethyl adjacent to an activating group) is 2. The number of carbonyl (C=O) groups excluding carboxylic acids is 4. The van der Waals surface area contributed by atoms with E-state index < -0.39 is 0 Å². The molecule has 3 aromatic carbocycles. The van der Waals surface area contributed by atoms with E-state index in [4.69, 9.17) is 0 Å². The molecule has 0 radical (unpaired) electrons. The van der Waals surface area contributed by atoms with Crippen molar-refractivity contribution in [3.63, 3.8) is 0 Å². The number of anilines is 2. The highest BCUT2D eigenvalue weighted by Crippen LogP contribution is 2.12. The standard InChI is InChI=1S/C28H30N4O4/c1-19-5-13-23(14-6-19)29-25(33)17-31(3)27(35)21-9-11-22(12-10-21)28(36)32(4)18-26(34)30-24-15-7-20(2)8-16-24/h5-16H,17-18H2,1-4H3,(H,29,33)(H,30,34). The van der Waals surface area contributed by atoms with E-state index >= 15 is 0 Å². The van der Waals surface area contributed by atoms with Gasteiger partial charge in [0.25, 0.3) is 11.8 Å². The van der Waals surface area contributed by atoms with E-state index in [0.717, 1.165) is 11.1 Å². The summed E-state index contributed by atoms with van der Waals surface area (Å²) in [4.78, 5) is 52.7. The Morgan fingerprint density at radius 1 is 0.556 bits per heavy atom. The Morgan fingerprint density at radius 3 is 1.17 bits per heavy atom. The number of hydrogen-bond acceptors (Lipinski definition) is 4. The van der Waals surface area contributed by atoms with E-state index in [1.807, 2.05) is 38.1 Å². The lowest BCUT2D eigenvalue weighted by Crippen LogP contribution is -2.35. The van der Waals surface area contributed by atoms with Crippen LogP contribution in [0.15, 0.2) is 72.8 Å². The predicted octanol–water partition coefficient (Wildman–Crippen LogP) is 3.72. The van der Waals surface area contributed by atoms with E-state index in [2.05, 4.69) is 10.6 Å². The van der Waals surface area contributed by atoms with Crippen LogP contribution in [0.25, 0.3) is 0 Å². The zero-order valence-electron chi connectivity index (χ0n) is 20.9. The number of nitrogens with one attached hydrogen (secondary N) is 2. The fourth-order valence-electron chi connectivity index (χ4n) is 3.45. The fraction of sp³-hybridized carbons (Fsp3) is 0.214. The van der Waals surface area contributed by atoms with Crippen LogP contribution in [0.4, 0.5) is 11.4 Å². The van der Waals surface area contributed by atoms with Crippen LogP contribution >= 0.6 is 0 Å². The van der Waals surface area contributed by atoms with Gasteiger partial charge in [-0.25, -0.2) is 0 Å². The van der Waals surface area contributed by atoms with Crippen LogP contribution in [0, 0.1) is 13.8 Å². The number of carbonyl (C=O) groups is 4. The van der Waals surface area contributed by atoms with Gasteiger partial charge in [0, 0.05) is 36.6 Å². The molecular weight excluding hydrogens is 456 g/mol. The zero-order valence-corrected chi connectivity index (χ0v) is 20.9. The third kappa shape index (κ3) is 7.27. The third-order valence-electron chi connectivity index (χ3n) is 5.50. The summed E-state index contributed by atoms with van der Waals surface area (Å²) in [5, 5.41) is 5.52. The van der Waals surface area contributed by atoms with Crippen molar-refractivity contribution >= 4 is 35.0 Å². The van der Waals surface area contributed by atoms with Crippen molar-refractivity contribution in [3.8, 4) is 0 Å². The number of benzene rings is 3. The molecule has 0 aromatic heterocycles. The fourth-order valence-corrected chi connectivity index (χ4v) is 3.45. The lowest BCUT2D eigenvalue weighted by atomic mass is 10.1. The predicted molar refractivity (Wildman–Crippen MR) is 140 cm³/mol. The molecule has 0 atom stereocenters. The summed E-state index contributed by atoms with van der Waals surface area (Å²) in [6.07, 6.45) is 0. The highest BCUT2D eigenvalue weighted by molar-refractivity contribution is 6.01. The summed E-state index contributed by atoms with van der Waals surface area (Å²) >= 11 is 0. The van der Waals surface area contributed by atoms with Gasteiger partial charge in [0.2, 0.25) is 11.8 Å². The minimum Gasteiger partial charge on any atom is -0.332 e. The Morgan fingerprint density at radius 2 is 0.861 bits per heavy atom. The van der Waals surface area contributed by atoms with Gasteiger partial charge in [0.15, 0.2) is 0 Å². The largest absolute Gasteiger partial charge is 0.332 e. The smallest absolute Gasteiger partial charge is 0.254 e. The van der Waals surface area contributed by atoms with Crippen molar-refractivity contribution < 1.29 is 19.2 Å². The summed E-state index contributed by atoms with van der Waals surface area (Å²) in [5.74, 6) is -1.32. The van der Waals surface area contributed by atoms with Crippen molar-refractivity contribution in [2.45, 2.75) is 13.8 Å². The van der Waals surface area contributed by atoms with Gasteiger partial charge in [-0.1, -0.05) is 35.4 Å². The molecule has 4 amide bonds. The van der Waals surface area contributed by atoms with Crippen LogP contribution in [0.2, 0.25) is 0 Å². The Kier molecular flexibility index (Phi) is 8.57. The van der Waals surface area contributed by atoms with Crippen molar-refractivity contribution in [1.82, 2.24) is 9.80 Å². The van der Waals surface area contributed by atoms with Crippen molar-refractivity contribution in [2.75, 3.05) is 37.8 Å². The first kappa shape index (κ1) is 26.2. The van der Waals surface area contributed by atoms with E-state index in [0.29, 0.717) is 22.5 Å². The second kappa shape index (κ2) is 11.8. The Bertz CT molecular complexity index is 1140. The second-order valence-electron chi connectivity index (χ2n) is 8.73. The zero-order chi connectivity index (χ0) is 26.2. The molecule has 0 unspecified atom stereocenters. The first-order chi connectivity index (χ1) is 17.1. The summed E-state index contributed by atoms with van der Waals surface area (Å²) < 4.78 is 0.